The van der Waals surface area contributed by atoms with E-state index in [4.69, 9.17) is 9.73 Å². The van der Waals surface area contributed by atoms with Crippen LogP contribution < -0.4 is 10.6 Å². The van der Waals surface area contributed by atoms with Crippen molar-refractivity contribution in [2.24, 2.45) is 4.99 Å². The molecule has 2 aromatic rings. The van der Waals surface area contributed by atoms with Crippen molar-refractivity contribution < 1.29 is 4.74 Å². The molecule has 0 radical (unpaired) electrons. The Labute approximate surface area is 180 Å². The van der Waals surface area contributed by atoms with Crippen LogP contribution in [0.1, 0.15) is 45.9 Å². The van der Waals surface area contributed by atoms with Gasteiger partial charge in [0.25, 0.3) is 0 Å². The van der Waals surface area contributed by atoms with Crippen molar-refractivity contribution in [2.75, 3.05) is 39.3 Å². The SMILES string of the molecule is CCNC(=NCCCc1nnc2ccccn12)NC1CCN(CCOC(C)C)CC1. The first-order valence-electron chi connectivity index (χ1n) is 11.3. The van der Waals surface area contributed by atoms with E-state index in [1.807, 2.05) is 28.8 Å². The molecule has 30 heavy (non-hydrogen) atoms. The number of guanidine groups is 1. The maximum absolute atomic E-state index is 5.68. The number of rotatable bonds is 10. The fourth-order valence-electron chi connectivity index (χ4n) is 3.72. The number of aromatic nitrogens is 3. The molecule has 0 bridgehead atoms. The van der Waals surface area contributed by atoms with Crippen LogP contribution in [0, 0.1) is 0 Å². The number of aliphatic imine (C=N–C) groups is 1. The van der Waals surface area contributed by atoms with E-state index in [2.05, 4.69) is 46.5 Å². The summed E-state index contributed by atoms with van der Waals surface area (Å²) in [6, 6.07) is 6.44. The maximum Gasteiger partial charge on any atom is 0.191 e. The molecule has 1 saturated heterocycles. The minimum Gasteiger partial charge on any atom is -0.377 e. The number of fused-ring (bicyclic) bond motifs is 1. The molecular weight excluding hydrogens is 378 g/mol. The summed E-state index contributed by atoms with van der Waals surface area (Å²) in [7, 11) is 0. The summed E-state index contributed by atoms with van der Waals surface area (Å²) in [5.74, 6) is 1.91. The molecule has 3 heterocycles. The number of ether oxygens (including phenoxy) is 1. The fourth-order valence-corrected chi connectivity index (χ4v) is 3.72. The molecule has 3 rings (SSSR count). The molecule has 1 fully saturated rings. The molecule has 2 aromatic heterocycles. The molecule has 8 heteroatoms. The summed E-state index contributed by atoms with van der Waals surface area (Å²) in [4.78, 5) is 7.27. The van der Waals surface area contributed by atoms with Crippen molar-refractivity contribution in [3.63, 3.8) is 0 Å². The molecule has 0 aliphatic carbocycles. The number of likely N-dealkylation sites (tertiary alicyclic amines) is 1. The van der Waals surface area contributed by atoms with E-state index in [1.165, 1.54) is 0 Å². The Hall–Kier alpha value is -2.19. The van der Waals surface area contributed by atoms with Crippen LogP contribution in [0.2, 0.25) is 0 Å². The maximum atomic E-state index is 5.68. The van der Waals surface area contributed by atoms with E-state index >= 15 is 0 Å². The number of hydrogen-bond acceptors (Lipinski definition) is 5. The summed E-state index contributed by atoms with van der Waals surface area (Å²) in [6.07, 6.45) is 6.41. The lowest BCUT2D eigenvalue weighted by atomic mass is 10.1. The normalized spacial score (nSPS) is 16.5. The summed E-state index contributed by atoms with van der Waals surface area (Å²) < 4.78 is 7.73. The second-order valence-electron chi connectivity index (χ2n) is 8.09. The molecule has 0 spiro atoms. The largest absolute Gasteiger partial charge is 0.377 e. The Balaban J connectivity index is 1.40. The van der Waals surface area contributed by atoms with Crippen LogP contribution in [0.3, 0.4) is 0 Å². The fraction of sp³-hybridized carbons (Fsp3) is 0.682. The van der Waals surface area contributed by atoms with E-state index in [9.17, 15) is 0 Å². The van der Waals surface area contributed by atoms with Crippen molar-refractivity contribution in [2.45, 2.75) is 58.6 Å². The standard InChI is InChI=1S/C22H37N7O/c1-4-23-22(25-19-10-14-28(15-11-19)16-17-30-18(2)3)24-12-7-9-21-27-26-20-8-5-6-13-29(20)21/h5-6,8,13,18-19H,4,7,9-12,14-17H2,1-3H3,(H2,23,24,25). The number of pyridine rings is 1. The third-order valence-corrected chi connectivity index (χ3v) is 5.34. The highest BCUT2D eigenvalue weighted by Crippen LogP contribution is 2.10. The van der Waals surface area contributed by atoms with Gasteiger partial charge in [-0.2, -0.15) is 0 Å². The number of hydrogen-bond donors (Lipinski definition) is 2. The minimum atomic E-state index is 0.312. The van der Waals surface area contributed by atoms with Gasteiger partial charge in [0.15, 0.2) is 11.6 Å². The number of nitrogens with one attached hydrogen (secondary N) is 2. The molecule has 8 nitrogen and oxygen atoms in total. The van der Waals surface area contributed by atoms with Gasteiger partial charge < -0.3 is 20.3 Å². The van der Waals surface area contributed by atoms with Gasteiger partial charge in [0.1, 0.15) is 5.82 Å². The molecule has 2 N–H and O–H groups in total. The monoisotopic (exact) mass is 415 g/mol. The quantitative estimate of drug-likeness (QED) is 0.352. The summed E-state index contributed by atoms with van der Waals surface area (Å²) >= 11 is 0. The lowest BCUT2D eigenvalue weighted by Crippen LogP contribution is -2.49. The zero-order valence-electron chi connectivity index (χ0n) is 18.7. The van der Waals surface area contributed by atoms with E-state index in [0.717, 1.165) is 82.4 Å². The topological polar surface area (TPSA) is 79.1 Å². The summed E-state index contributed by atoms with van der Waals surface area (Å²) in [6.45, 7) is 12.0. The molecule has 0 unspecified atom stereocenters. The first kappa shape index (κ1) is 22.5. The van der Waals surface area contributed by atoms with Crippen molar-refractivity contribution >= 4 is 11.6 Å². The van der Waals surface area contributed by atoms with E-state index in [-0.39, 0.29) is 0 Å². The van der Waals surface area contributed by atoms with Crippen LogP contribution in [0.15, 0.2) is 29.4 Å². The summed E-state index contributed by atoms with van der Waals surface area (Å²) in [5, 5.41) is 15.5. The lowest BCUT2D eigenvalue weighted by Gasteiger charge is -2.33. The Morgan fingerprint density at radius 1 is 1.27 bits per heavy atom. The molecule has 1 aliphatic heterocycles. The molecule has 0 saturated carbocycles. The van der Waals surface area contributed by atoms with E-state index < -0.39 is 0 Å². The average Bonchev–Trinajstić information content (AvgIpc) is 3.15. The van der Waals surface area contributed by atoms with Gasteiger partial charge >= 0.3 is 0 Å². The van der Waals surface area contributed by atoms with Gasteiger partial charge in [-0.15, -0.1) is 10.2 Å². The Kier molecular flexibility index (Phi) is 8.89. The van der Waals surface area contributed by atoms with Crippen molar-refractivity contribution in [1.82, 2.24) is 30.1 Å². The van der Waals surface area contributed by atoms with Gasteiger partial charge in [0.05, 0.1) is 12.7 Å². The van der Waals surface area contributed by atoms with Crippen LogP contribution in [-0.2, 0) is 11.2 Å². The van der Waals surface area contributed by atoms with Crippen molar-refractivity contribution in [3.05, 3.63) is 30.2 Å². The van der Waals surface area contributed by atoms with E-state index in [0.29, 0.717) is 12.1 Å². The molecule has 0 atom stereocenters. The molecule has 0 aromatic carbocycles. The van der Waals surface area contributed by atoms with Gasteiger partial charge in [-0.1, -0.05) is 6.07 Å². The first-order chi connectivity index (χ1) is 14.7. The smallest absolute Gasteiger partial charge is 0.191 e. The van der Waals surface area contributed by atoms with Gasteiger partial charge in [0, 0.05) is 51.4 Å². The average molecular weight is 416 g/mol. The molecule has 1 aliphatic rings. The summed E-state index contributed by atoms with van der Waals surface area (Å²) in [5.41, 5.74) is 0.896. The Bertz CT molecular complexity index is 781. The van der Waals surface area contributed by atoms with Crippen molar-refractivity contribution in [1.29, 1.82) is 0 Å². The van der Waals surface area contributed by atoms with Crippen LogP contribution in [0.25, 0.3) is 5.65 Å². The second kappa shape index (κ2) is 11.9. The highest BCUT2D eigenvalue weighted by molar-refractivity contribution is 5.80. The minimum absolute atomic E-state index is 0.312. The molecular formula is C22H37N7O. The Morgan fingerprint density at radius 3 is 2.87 bits per heavy atom. The predicted octanol–water partition coefficient (Wildman–Crippen LogP) is 2.11. The lowest BCUT2D eigenvalue weighted by molar-refractivity contribution is 0.0532. The first-order valence-corrected chi connectivity index (χ1v) is 11.3. The molecule has 0 amide bonds. The Morgan fingerprint density at radius 2 is 2.10 bits per heavy atom. The van der Waals surface area contributed by atoms with Crippen LogP contribution in [-0.4, -0.2) is 76.9 Å². The van der Waals surface area contributed by atoms with Gasteiger partial charge in [-0.25, -0.2) is 0 Å². The zero-order valence-corrected chi connectivity index (χ0v) is 18.7. The number of aryl methyl sites for hydroxylation is 1. The van der Waals surface area contributed by atoms with Crippen molar-refractivity contribution in [3.8, 4) is 0 Å². The van der Waals surface area contributed by atoms with Crippen LogP contribution >= 0.6 is 0 Å². The van der Waals surface area contributed by atoms with Crippen LogP contribution in [0.4, 0.5) is 0 Å². The van der Waals surface area contributed by atoms with E-state index in [1.54, 1.807) is 0 Å². The molecule has 166 valence electrons. The predicted molar refractivity (Wildman–Crippen MR) is 121 cm³/mol. The van der Waals surface area contributed by atoms with Gasteiger partial charge in [-0.3, -0.25) is 9.39 Å². The van der Waals surface area contributed by atoms with Gasteiger partial charge in [0.2, 0.25) is 0 Å². The highest BCUT2D eigenvalue weighted by Gasteiger charge is 2.19. The highest BCUT2D eigenvalue weighted by atomic mass is 16.5. The second-order valence-corrected chi connectivity index (χ2v) is 8.09. The van der Waals surface area contributed by atoms with Crippen LogP contribution in [0.5, 0.6) is 0 Å². The number of nitrogens with zero attached hydrogens (tertiary/aromatic N) is 5. The third-order valence-electron chi connectivity index (χ3n) is 5.34. The third kappa shape index (κ3) is 6.95. The number of piperidine rings is 1. The zero-order chi connectivity index (χ0) is 21.2. The van der Waals surface area contributed by atoms with Gasteiger partial charge in [-0.05, 0) is 52.2 Å².